The van der Waals surface area contributed by atoms with Gasteiger partial charge in [-0.3, -0.25) is 4.79 Å². The monoisotopic (exact) mass is 398 g/mol. The Morgan fingerprint density at radius 3 is 2.80 bits per heavy atom. The molecule has 0 aliphatic carbocycles. The summed E-state index contributed by atoms with van der Waals surface area (Å²) in [5, 5.41) is 6.76. The van der Waals surface area contributed by atoms with E-state index in [2.05, 4.69) is 40.1 Å². The summed E-state index contributed by atoms with van der Waals surface area (Å²) >= 11 is 8.30. The average Bonchev–Trinajstić information content (AvgIpc) is 2.70. The summed E-state index contributed by atoms with van der Waals surface area (Å²) in [4.78, 5) is 12.1. The summed E-state index contributed by atoms with van der Waals surface area (Å²) in [6.07, 6.45) is 0. The fraction of sp³-hybridized carbons (Fsp3) is 0.133. The number of fused-ring (bicyclic) bond motifs is 1. The quantitative estimate of drug-likeness (QED) is 0.738. The second kappa shape index (κ2) is 5.26. The first-order valence-electron chi connectivity index (χ1n) is 6.17. The van der Waals surface area contributed by atoms with Crippen LogP contribution in [0.3, 0.4) is 0 Å². The lowest BCUT2D eigenvalue weighted by Crippen LogP contribution is -2.19. The molecule has 1 aliphatic rings. The molecule has 20 heavy (non-hydrogen) atoms. The molecule has 5 heteroatoms. The number of benzene rings is 2. The number of rotatable bonds is 2. The van der Waals surface area contributed by atoms with Crippen LogP contribution >= 0.6 is 34.2 Å². The summed E-state index contributed by atoms with van der Waals surface area (Å²) in [7, 11) is 0. The Kier molecular flexibility index (Phi) is 3.60. The van der Waals surface area contributed by atoms with Crippen molar-refractivity contribution in [2.45, 2.75) is 13.0 Å². The highest BCUT2D eigenvalue weighted by molar-refractivity contribution is 14.1. The molecule has 2 aromatic rings. The van der Waals surface area contributed by atoms with Crippen LogP contribution in [0.1, 0.15) is 17.2 Å². The third kappa shape index (κ3) is 2.50. The summed E-state index contributed by atoms with van der Waals surface area (Å²) in [6, 6.07) is 11.1. The number of carbonyl (C=O) groups is 1. The zero-order chi connectivity index (χ0) is 14.3. The highest BCUT2D eigenvalue weighted by atomic mass is 127. The smallest absolute Gasteiger partial charge is 0.251 e. The first-order valence-corrected chi connectivity index (χ1v) is 7.63. The Bertz CT molecular complexity index is 702. The number of carbonyl (C=O) groups excluding carboxylic acids is 1. The molecule has 2 aromatic carbocycles. The van der Waals surface area contributed by atoms with Crippen molar-refractivity contribution in [1.82, 2.24) is 0 Å². The van der Waals surface area contributed by atoms with E-state index in [1.807, 2.05) is 30.3 Å². The van der Waals surface area contributed by atoms with Gasteiger partial charge in [-0.1, -0.05) is 17.7 Å². The van der Waals surface area contributed by atoms with E-state index in [0.717, 1.165) is 20.5 Å². The van der Waals surface area contributed by atoms with Gasteiger partial charge in [0.1, 0.15) is 6.04 Å². The fourth-order valence-electron chi connectivity index (χ4n) is 2.22. The van der Waals surface area contributed by atoms with Crippen LogP contribution in [0.4, 0.5) is 11.4 Å². The Morgan fingerprint density at radius 2 is 2.05 bits per heavy atom. The van der Waals surface area contributed by atoms with Crippen molar-refractivity contribution in [3.05, 3.63) is 56.1 Å². The number of hydrogen-bond acceptors (Lipinski definition) is 2. The SMILES string of the molecule is Cc1ccc(NC2C(=O)Nc3ccc(Cl)cc32)cc1I. The maximum Gasteiger partial charge on any atom is 0.251 e. The van der Waals surface area contributed by atoms with E-state index in [1.165, 1.54) is 5.56 Å². The van der Waals surface area contributed by atoms with Crippen LogP contribution in [0.2, 0.25) is 5.02 Å². The van der Waals surface area contributed by atoms with Gasteiger partial charge in [0.05, 0.1) is 0 Å². The molecule has 0 bridgehead atoms. The second-order valence-electron chi connectivity index (χ2n) is 4.76. The van der Waals surface area contributed by atoms with E-state index in [1.54, 1.807) is 6.07 Å². The Balaban J connectivity index is 1.93. The van der Waals surface area contributed by atoms with Gasteiger partial charge in [-0.25, -0.2) is 0 Å². The molecule has 1 aliphatic heterocycles. The Hall–Kier alpha value is -1.27. The van der Waals surface area contributed by atoms with Crippen LogP contribution in [0.15, 0.2) is 36.4 Å². The highest BCUT2D eigenvalue weighted by Crippen LogP contribution is 2.35. The number of anilines is 2. The minimum atomic E-state index is -0.401. The van der Waals surface area contributed by atoms with Gasteiger partial charge in [0, 0.05) is 25.5 Å². The lowest BCUT2D eigenvalue weighted by Gasteiger charge is -2.14. The van der Waals surface area contributed by atoms with E-state index < -0.39 is 6.04 Å². The molecule has 0 spiro atoms. The topological polar surface area (TPSA) is 41.1 Å². The molecule has 0 saturated carbocycles. The van der Waals surface area contributed by atoms with Crippen molar-refractivity contribution in [1.29, 1.82) is 0 Å². The van der Waals surface area contributed by atoms with Crippen LogP contribution in [0.25, 0.3) is 0 Å². The van der Waals surface area contributed by atoms with Gasteiger partial charge in [-0.05, 0) is 65.4 Å². The molecular weight excluding hydrogens is 387 g/mol. The molecule has 1 unspecified atom stereocenters. The lowest BCUT2D eigenvalue weighted by atomic mass is 10.1. The molecule has 0 saturated heterocycles. The standard InChI is InChI=1S/C15H12ClIN2O/c1-8-2-4-10(7-12(8)17)18-14-11-6-9(16)3-5-13(11)19-15(14)20/h2-7,14,18H,1H3,(H,19,20). The van der Waals surface area contributed by atoms with Crippen molar-refractivity contribution in [3.8, 4) is 0 Å². The number of nitrogens with one attached hydrogen (secondary N) is 2. The number of aryl methyl sites for hydroxylation is 1. The Labute approximate surface area is 135 Å². The van der Waals surface area contributed by atoms with Crippen LogP contribution in [0, 0.1) is 10.5 Å². The van der Waals surface area contributed by atoms with E-state index in [0.29, 0.717) is 5.02 Å². The molecule has 1 heterocycles. The molecule has 1 atom stereocenters. The van der Waals surface area contributed by atoms with Crippen molar-refractivity contribution < 1.29 is 4.79 Å². The molecular formula is C15H12ClIN2O. The summed E-state index contributed by atoms with van der Waals surface area (Å²) in [5.41, 5.74) is 3.85. The van der Waals surface area contributed by atoms with E-state index in [9.17, 15) is 4.79 Å². The van der Waals surface area contributed by atoms with Crippen molar-refractivity contribution in [3.63, 3.8) is 0 Å². The van der Waals surface area contributed by atoms with Crippen molar-refractivity contribution in [2.24, 2.45) is 0 Å². The molecule has 102 valence electrons. The minimum absolute atomic E-state index is 0.0575. The van der Waals surface area contributed by atoms with Crippen LogP contribution < -0.4 is 10.6 Å². The molecule has 3 nitrogen and oxygen atoms in total. The van der Waals surface area contributed by atoms with Gasteiger partial charge >= 0.3 is 0 Å². The van der Waals surface area contributed by atoms with Gasteiger partial charge < -0.3 is 10.6 Å². The van der Waals surface area contributed by atoms with Gasteiger partial charge in [-0.2, -0.15) is 0 Å². The van der Waals surface area contributed by atoms with Gasteiger partial charge in [-0.15, -0.1) is 0 Å². The largest absolute Gasteiger partial charge is 0.370 e. The summed E-state index contributed by atoms with van der Waals surface area (Å²) in [6.45, 7) is 2.06. The van der Waals surface area contributed by atoms with E-state index >= 15 is 0 Å². The molecule has 3 rings (SSSR count). The lowest BCUT2D eigenvalue weighted by molar-refractivity contribution is -0.116. The minimum Gasteiger partial charge on any atom is -0.370 e. The Morgan fingerprint density at radius 1 is 1.25 bits per heavy atom. The first-order chi connectivity index (χ1) is 9.54. The van der Waals surface area contributed by atoms with Crippen molar-refractivity contribution >= 4 is 51.5 Å². The first kappa shape index (κ1) is 13.7. The second-order valence-corrected chi connectivity index (χ2v) is 6.36. The zero-order valence-corrected chi connectivity index (χ0v) is 13.6. The highest BCUT2D eigenvalue weighted by Gasteiger charge is 2.30. The normalized spacial score (nSPS) is 16.8. The van der Waals surface area contributed by atoms with Crippen LogP contribution in [-0.2, 0) is 4.79 Å². The fourth-order valence-corrected chi connectivity index (χ4v) is 2.92. The van der Waals surface area contributed by atoms with Gasteiger partial charge in [0.25, 0.3) is 5.91 Å². The number of hydrogen-bond donors (Lipinski definition) is 2. The van der Waals surface area contributed by atoms with E-state index in [4.69, 9.17) is 11.6 Å². The van der Waals surface area contributed by atoms with Crippen LogP contribution in [0.5, 0.6) is 0 Å². The van der Waals surface area contributed by atoms with Crippen molar-refractivity contribution in [2.75, 3.05) is 10.6 Å². The zero-order valence-electron chi connectivity index (χ0n) is 10.7. The molecule has 0 aromatic heterocycles. The summed E-state index contributed by atoms with van der Waals surface area (Å²) < 4.78 is 1.16. The maximum absolute atomic E-state index is 12.1. The van der Waals surface area contributed by atoms with E-state index in [-0.39, 0.29) is 5.91 Å². The third-order valence-electron chi connectivity index (χ3n) is 3.33. The van der Waals surface area contributed by atoms with Crippen LogP contribution in [-0.4, -0.2) is 5.91 Å². The molecule has 0 fully saturated rings. The van der Waals surface area contributed by atoms with Gasteiger partial charge in [0.2, 0.25) is 0 Å². The molecule has 0 radical (unpaired) electrons. The van der Waals surface area contributed by atoms with Gasteiger partial charge in [0.15, 0.2) is 0 Å². The third-order valence-corrected chi connectivity index (χ3v) is 4.72. The predicted octanol–water partition coefficient (Wildman–Crippen LogP) is 4.36. The number of halogens is 2. The molecule has 1 amide bonds. The maximum atomic E-state index is 12.1. The predicted molar refractivity (Wildman–Crippen MR) is 90.3 cm³/mol. The summed E-state index contributed by atoms with van der Waals surface area (Å²) in [5.74, 6) is -0.0575. The average molecular weight is 399 g/mol. The number of amides is 1. The molecule has 2 N–H and O–H groups in total.